The lowest BCUT2D eigenvalue weighted by Gasteiger charge is -2.31. The van der Waals surface area contributed by atoms with E-state index < -0.39 is 0 Å². The Labute approximate surface area is 239 Å². The van der Waals surface area contributed by atoms with Crippen molar-refractivity contribution in [2.75, 3.05) is 39.3 Å². The molecule has 2 heterocycles. The number of amides is 2. The Morgan fingerprint density at radius 2 is 1.03 bits per heavy atom. The Balaban J connectivity index is 1.72. The largest absolute Gasteiger partial charge is 0.340 e. The monoisotopic (exact) mass is 570 g/mol. The summed E-state index contributed by atoms with van der Waals surface area (Å²) < 4.78 is 0. The molecule has 2 fully saturated rings. The van der Waals surface area contributed by atoms with Crippen molar-refractivity contribution >= 4 is 80.6 Å². The van der Waals surface area contributed by atoms with Gasteiger partial charge in [-0.3, -0.25) is 19.4 Å². The maximum absolute atomic E-state index is 12.4. The average molecular weight is 571 g/mol. The maximum Gasteiger partial charge on any atom is 0.248 e. The lowest BCUT2D eigenvalue weighted by atomic mass is 9.85. The number of rotatable bonds is 15. The Morgan fingerprint density at radius 3 is 1.31 bits per heavy atom. The SMILES string of the molecule is CCN1CC(=O)N(CC(C)(C)CCC(=S)CCC(=S)CCC(C)(C)CN2C(=O)CN(CC)C2=S)C1=S. The number of thiocarbonyl (C=S) groups is 4. The van der Waals surface area contributed by atoms with Crippen molar-refractivity contribution in [3.63, 3.8) is 0 Å². The second-order valence-corrected chi connectivity index (χ2v) is 13.3. The molecule has 0 saturated carbocycles. The normalized spacial score (nSPS) is 17.2. The molecule has 2 aliphatic rings. The van der Waals surface area contributed by atoms with Gasteiger partial charge < -0.3 is 9.80 Å². The zero-order valence-electron chi connectivity index (χ0n) is 22.7. The van der Waals surface area contributed by atoms with Gasteiger partial charge in [0.25, 0.3) is 0 Å². The summed E-state index contributed by atoms with van der Waals surface area (Å²) in [6.07, 6.45) is 5.12. The first-order valence-electron chi connectivity index (χ1n) is 12.9. The molecule has 0 radical (unpaired) electrons. The fourth-order valence-corrected chi connectivity index (χ4v) is 5.62. The van der Waals surface area contributed by atoms with Crippen molar-refractivity contribution in [1.82, 2.24) is 19.6 Å². The summed E-state index contributed by atoms with van der Waals surface area (Å²) in [6.45, 7) is 16.2. The summed E-state index contributed by atoms with van der Waals surface area (Å²) in [5, 5.41) is 1.29. The molecule has 2 aliphatic heterocycles. The van der Waals surface area contributed by atoms with Crippen LogP contribution in [0.1, 0.15) is 80.1 Å². The minimum atomic E-state index is -0.0704. The zero-order valence-corrected chi connectivity index (χ0v) is 26.0. The van der Waals surface area contributed by atoms with Crippen molar-refractivity contribution in [3.8, 4) is 0 Å². The third-order valence-electron chi connectivity index (χ3n) is 7.04. The van der Waals surface area contributed by atoms with Crippen molar-refractivity contribution in [2.45, 2.75) is 80.1 Å². The second-order valence-electron chi connectivity index (χ2n) is 11.5. The number of carbonyl (C=O) groups excluding carboxylic acids is 2. The number of nitrogens with zero attached hydrogens (tertiary/aromatic N) is 4. The summed E-state index contributed by atoms with van der Waals surface area (Å²) >= 11 is 22.3. The second kappa shape index (κ2) is 13.1. The topological polar surface area (TPSA) is 47.1 Å². The molecule has 0 unspecified atom stereocenters. The average Bonchev–Trinajstić information content (AvgIpc) is 3.23. The van der Waals surface area contributed by atoms with E-state index in [0.29, 0.717) is 36.4 Å². The van der Waals surface area contributed by atoms with Crippen LogP contribution in [0.2, 0.25) is 0 Å². The molecular weight excluding hydrogens is 529 g/mol. The first kappa shape index (κ1) is 31.1. The van der Waals surface area contributed by atoms with Crippen LogP contribution in [0.5, 0.6) is 0 Å². The molecule has 202 valence electrons. The van der Waals surface area contributed by atoms with Crippen LogP contribution in [0, 0.1) is 10.8 Å². The summed E-state index contributed by atoms with van der Waals surface area (Å²) in [6, 6.07) is 0. The predicted molar refractivity (Wildman–Crippen MR) is 164 cm³/mol. The Kier molecular flexibility index (Phi) is 11.3. The molecule has 2 amide bonds. The lowest BCUT2D eigenvalue weighted by molar-refractivity contribution is -0.126. The van der Waals surface area contributed by atoms with Crippen LogP contribution < -0.4 is 0 Å². The van der Waals surface area contributed by atoms with Gasteiger partial charge in [-0.1, -0.05) is 52.1 Å². The van der Waals surface area contributed by atoms with E-state index in [9.17, 15) is 9.59 Å². The van der Waals surface area contributed by atoms with E-state index in [2.05, 4.69) is 27.7 Å². The van der Waals surface area contributed by atoms with Gasteiger partial charge in [0.05, 0.1) is 13.1 Å². The summed E-state index contributed by atoms with van der Waals surface area (Å²) in [5.74, 6) is 0.175. The number of carbonyl (C=O) groups is 2. The van der Waals surface area contributed by atoms with Crippen LogP contribution >= 0.6 is 48.9 Å². The van der Waals surface area contributed by atoms with Gasteiger partial charge in [0.1, 0.15) is 0 Å². The van der Waals surface area contributed by atoms with Crippen molar-refractivity contribution < 1.29 is 9.59 Å². The van der Waals surface area contributed by atoms with E-state index >= 15 is 0 Å². The summed E-state index contributed by atoms with van der Waals surface area (Å²) in [7, 11) is 0. The highest BCUT2D eigenvalue weighted by molar-refractivity contribution is 7.81. The van der Waals surface area contributed by atoms with Gasteiger partial charge in [0, 0.05) is 26.2 Å². The molecular formula is C26H42N4O2S4. The highest BCUT2D eigenvalue weighted by atomic mass is 32.1. The molecule has 2 rings (SSSR count). The Bertz CT molecular complexity index is 830. The van der Waals surface area contributed by atoms with Crippen molar-refractivity contribution in [2.24, 2.45) is 10.8 Å². The zero-order chi connectivity index (χ0) is 27.3. The predicted octanol–water partition coefficient (Wildman–Crippen LogP) is 5.02. The molecule has 0 aromatic carbocycles. The molecule has 0 aromatic heterocycles. The minimum absolute atomic E-state index is 0.0704. The van der Waals surface area contributed by atoms with Crippen LogP contribution in [0.4, 0.5) is 0 Å². The van der Waals surface area contributed by atoms with Crippen LogP contribution in [0.25, 0.3) is 0 Å². The Hall–Kier alpha value is -1.10. The molecule has 0 aromatic rings. The van der Waals surface area contributed by atoms with Gasteiger partial charge in [-0.05, 0) is 97.4 Å². The van der Waals surface area contributed by atoms with E-state index in [1.807, 2.05) is 23.6 Å². The quantitative estimate of drug-likeness (QED) is 0.255. The van der Waals surface area contributed by atoms with E-state index in [-0.39, 0.29) is 22.6 Å². The number of hydrogen-bond donors (Lipinski definition) is 0. The first-order valence-corrected chi connectivity index (χ1v) is 14.5. The maximum atomic E-state index is 12.4. The summed E-state index contributed by atoms with van der Waals surface area (Å²) in [4.78, 5) is 34.2. The van der Waals surface area contributed by atoms with Crippen LogP contribution in [-0.2, 0) is 9.59 Å². The van der Waals surface area contributed by atoms with Gasteiger partial charge in [-0.15, -0.1) is 0 Å². The first-order chi connectivity index (χ1) is 16.7. The fourth-order valence-electron chi connectivity index (χ4n) is 4.49. The molecule has 6 nitrogen and oxygen atoms in total. The Morgan fingerprint density at radius 1 is 0.694 bits per heavy atom. The number of likely N-dealkylation sites (N-methyl/N-ethyl adjacent to an activating group) is 2. The van der Waals surface area contributed by atoms with Crippen LogP contribution in [0.3, 0.4) is 0 Å². The van der Waals surface area contributed by atoms with E-state index in [1.165, 1.54) is 0 Å². The standard InChI is InChI=1S/C26H42N4O2S4/c1-7-27-15-21(31)29(23(27)35)17-25(3,4)13-11-19(33)9-10-20(34)12-14-26(5,6)18-30-22(32)16-28(8-2)24(30)36/h7-18H2,1-6H3. The van der Waals surface area contributed by atoms with Crippen molar-refractivity contribution in [3.05, 3.63) is 0 Å². The fraction of sp³-hybridized carbons (Fsp3) is 0.769. The molecule has 0 spiro atoms. The molecule has 0 bridgehead atoms. The van der Waals surface area contributed by atoms with Crippen molar-refractivity contribution in [1.29, 1.82) is 0 Å². The van der Waals surface area contributed by atoms with Gasteiger partial charge in [0.15, 0.2) is 10.2 Å². The molecule has 36 heavy (non-hydrogen) atoms. The third-order valence-corrected chi connectivity index (χ3v) is 8.81. The highest BCUT2D eigenvalue weighted by Gasteiger charge is 2.36. The summed E-state index contributed by atoms with van der Waals surface area (Å²) in [5.41, 5.74) is -0.141. The molecule has 2 saturated heterocycles. The molecule has 0 N–H and O–H groups in total. The van der Waals surface area contributed by atoms with E-state index in [4.69, 9.17) is 48.9 Å². The van der Waals surface area contributed by atoms with E-state index in [1.54, 1.807) is 9.80 Å². The van der Waals surface area contributed by atoms with Gasteiger partial charge >= 0.3 is 0 Å². The highest BCUT2D eigenvalue weighted by Crippen LogP contribution is 2.29. The lowest BCUT2D eigenvalue weighted by Crippen LogP contribution is -2.39. The smallest absolute Gasteiger partial charge is 0.248 e. The van der Waals surface area contributed by atoms with Gasteiger partial charge in [-0.2, -0.15) is 0 Å². The number of hydrogen-bond acceptors (Lipinski definition) is 6. The third kappa shape index (κ3) is 8.74. The van der Waals surface area contributed by atoms with Gasteiger partial charge in [-0.25, -0.2) is 0 Å². The van der Waals surface area contributed by atoms with E-state index in [0.717, 1.165) is 61.3 Å². The molecule has 0 aliphatic carbocycles. The van der Waals surface area contributed by atoms with Crippen LogP contribution in [0.15, 0.2) is 0 Å². The van der Waals surface area contributed by atoms with Crippen LogP contribution in [-0.4, -0.2) is 90.6 Å². The minimum Gasteiger partial charge on any atom is -0.340 e. The molecule has 0 atom stereocenters. The van der Waals surface area contributed by atoms with Gasteiger partial charge in [0.2, 0.25) is 11.8 Å². The molecule has 10 heteroatoms.